The number of carboxylic acid groups (broad SMARTS) is 1. The second-order valence-corrected chi connectivity index (χ2v) is 10.4. The smallest absolute Gasteiger partial charge is 0.341 e. The highest BCUT2D eigenvalue weighted by molar-refractivity contribution is 7.17. The number of rotatable bonds is 2. The third-order valence-corrected chi connectivity index (χ3v) is 7.41. The largest absolute Gasteiger partial charge is 0.477 e. The molecule has 0 amide bonds. The van der Waals surface area contributed by atoms with Gasteiger partial charge >= 0.3 is 5.97 Å². The quantitative estimate of drug-likeness (QED) is 0.438. The summed E-state index contributed by atoms with van der Waals surface area (Å²) in [7, 11) is 0. The zero-order chi connectivity index (χ0) is 21.2. The minimum atomic E-state index is -1.19. The number of aromatic carboxylic acids is 1. The van der Waals surface area contributed by atoms with Crippen LogP contribution in [0, 0.1) is 5.41 Å². The van der Waals surface area contributed by atoms with Crippen molar-refractivity contribution in [2.75, 3.05) is 0 Å². The van der Waals surface area contributed by atoms with Crippen molar-refractivity contribution in [3.63, 3.8) is 0 Å². The van der Waals surface area contributed by atoms with Gasteiger partial charge in [-0.2, -0.15) is 0 Å². The minimum absolute atomic E-state index is 0.0342. The minimum Gasteiger partial charge on any atom is -0.477 e. The van der Waals surface area contributed by atoms with E-state index in [-0.39, 0.29) is 17.0 Å². The standard InChI is InChI=1S/C23H20N2O3S2/c1-23(2,3)20-7-13-12-4-5-30-21(12)15(17-10-29-11-24-17)6-14(13)18-8-19(26)16(22(27)28)9-25(18)20/h4-6,8-11,20H,7H2,1-3H3,(H,27,28)/t20-/m0/s1. The Bertz CT molecular complexity index is 1360. The molecule has 0 fully saturated rings. The molecule has 5 rings (SSSR count). The van der Waals surface area contributed by atoms with E-state index in [0.29, 0.717) is 0 Å². The Morgan fingerprint density at radius 1 is 1.27 bits per heavy atom. The normalized spacial score (nSPS) is 15.8. The van der Waals surface area contributed by atoms with Crippen LogP contribution in [-0.4, -0.2) is 20.6 Å². The van der Waals surface area contributed by atoms with E-state index in [2.05, 4.69) is 43.3 Å². The molecule has 0 spiro atoms. The summed E-state index contributed by atoms with van der Waals surface area (Å²) in [5.41, 5.74) is 6.00. The molecule has 0 bridgehead atoms. The molecule has 152 valence electrons. The van der Waals surface area contributed by atoms with Gasteiger partial charge in [-0.25, -0.2) is 9.78 Å². The molecule has 1 aliphatic rings. The van der Waals surface area contributed by atoms with Gasteiger partial charge in [0.05, 0.1) is 16.9 Å². The zero-order valence-electron chi connectivity index (χ0n) is 16.8. The van der Waals surface area contributed by atoms with Gasteiger partial charge in [-0.1, -0.05) is 20.8 Å². The second kappa shape index (κ2) is 6.62. The van der Waals surface area contributed by atoms with Crippen LogP contribution in [-0.2, 0) is 6.42 Å². The Morgan fingerprint density at radius 3 is 2.73 bits per heavy atom. The van der Waals surface area contributed by atoms with E-state index in [1.165, 1.54) is 27.9 Å². The van der Waals surface area contributed by atoms with Gasteiger partial charge in [-0.15, -0.1) is 22.7 Å². The van der Waals surface area contributed by atoms with Crippen molar-refractivity contribution in [1.29, 1.82) is 0 Å². The lowest BCUT2D eigenvalue weighted by Gasteiger charge is -2.39. The van der Waals surface area contributed by atoms with E-state index in [0.717, 1.165) is 28.9 Å². The Labute approximate surface area is 181 Å². The van der Waals surface area contributed by atoms with E-state index < -0.39 is 11.4 Å². The Hall–Kier alpha value is -2.77. The Balaban J connectivity index is 1.88. The fraction of sp³-hybridized carbons (Fsp3) is 0.261. The predicted octanol–water partition coefficient (Wildman–Crippen LogP) is 5.70. The summed E-state index contributed by atoms with van der Waals surface area (Å²) in [6, 6.07) is 5.79. The van der Waals surface area contributed by atoms with E-state index in [1.54, 1.807) is 22.7 Å². The molecule has 3 aromatic heterocycles. The SMILES string of the molecule is CC(C)(C)[C@@H]1Cc2c(cc(-c3cscn3)c3sccc23)-c2cc(=O)c(C(=O)O)cn21. The summed E-state index contributed by atoms with van der Waals surface area (Å²) in [4.78, 5) is 28.8. The van der Waals surface area contributed by atoms with Crippen LogP contribution in [0.4, 0.5) is 0 Å². The maximum absolute atomic E-state index is 12.6. The van der Waals surface area contributed by atoms with Crippen LogP contribution in [0.3, 0.4) is 0 Å². The van der Waals surface area contributed by atoms with Gasteiger partial charge in [0.2, 0.25) is 0 Å². The highest BCUT2D eigenvalue weighted by atomic mass is 32.1. The van der Waals surface area contributed by atoms with Crippen molar-refractivity contribution in [2.45, 2.75) is 33.2 Å². The summed E-state index contributed by atoms with van der Waals surface area (Å²) < 4.78 is 3.20. The van der Waals surface area contributed by atoms with Gasteiger partial charge in [-0.3, -0.25) is 4.79 Å². The number of pyridine rings is 1. The fourth-order valence-electron chi connectivity index (χ4n) is 4.38. The van der Waals surface area contributed by atoms with Gasteiger partial charge < -0.3 is 9.67 Å². The van der Waals surface area contributed by atoms with Crippen molar-refractivity contribution in [3.8, 4) is 22.5 Å². The summed E-state index contributed by atoms with van der Waals surface area (Å²) in [5, 5.41) is 14.8. The van der Waals surface area contributed by atoms with Crippen LogP contribution in [0.1, 0.15) is 42.7 Å². The number of carbonyl (C=O) groups is 1. The van der Waals surface area contributed by atoms with Gasteiger partial charge in [0.1, 0.15) is 5.56 Å². The van der Waals surface area contributed by atoms with Gasteiger partial charge in [-0.05, 0) is 40.3 Å². The number of hydrogen-bond acceptors (Lipinski definition) is 5. The van der Waals surface area contributed by atoms with Crippen molar-refractivity contribution < 1.29 is 9.90 Å². The van der Waals surface area contributed by atoms with Crippen LogP contribution < -0.4 is 5.43 Å². The lowest BCUT2D eigenvalue weighted by Crippen LogP contribution is -2.32. The monoisotopic (exact) mass is 436 g/mol. The van der Waals surface area contributed by atoms with E-state index in [1.807, 2.05) is 15.5 Å². The molecule has 0 aliphatic carbocycles. The van der Waals surface area contributed by atoms with Crippen molar-refractivity contribution >= 4 is 38.7 Å². The molecule has 1 aliphatic heterocycles. The van der Waals surface area contributed by atoms with Crippen molar-refractivity contribution in [3.05, 3.63) is 62.0 Å². The molecular formula is C23H20N2O3S2. The van der Waals surface area contributed by atoms with Crippen LogP contribution in [0.15, 0.2) is 45.5 Å². The van der Waals surface area contributed by atoms with Gasteiger partial charge in [0.15, 0.2) is 5.43 Å². The Kier molecular flexibility index (Phi) is 4.24. The zero-order valence-corrected chi connectivity index (χ0v) is 18.4. The predicted molar refractivity (Wildman–Crippen MR) is 122 cm³/mol. The lowest BCUT2D eigenvalue weighted by atomic mass is 9.77. The molecule has 30 heavy (non-hydrogen) atoms. The molecule has 1 atom stereocenters. The first-order chi connectivity index (χ1) is 14.3. The number of thiophene rings is 1. The highest BCUT2D eigenvalue weighted by Crippen LogP contribution is 2.47. The number of hydrogen-bond donors (Lipinski definition) is 1. The number of thiazole rings is 1. The third-order valence-electron chi connectivity index (χ3n) is 5.88. The second-order valence-electron chi connectivity index (χ2n) is 8.72. The molecule has 0 unspecified atom stereocenters. The molecule has 5 nitrogen and oxygen atoms in total. The van der Waals surface area contributed by atoms with Crippen molar-refractivity contribution in [2.24, 2.45) is 5.41 Å². The number of aromatic nitrogens is 2. The fourth-order valence-corrected chi connectivity index (χ4v) is 5.88. The van der Waals surface area contributed by atoms with Crippen LogP contribution >= 0.6 is 22.7 Å². The molecule has 4 heterocycles. The molecule has 1 N–H and O–H groups in total. The highest BCUT2D eigenvalue weighted by Gasteiger charge is 2.35. The summed E-state index contributed by atoms with van der Waals surface area (Å²) in [5.74, 6) is -1.19. The molecule has 0 radical (unpaired) electrons. The topological polar surface area (TPSA) is 72.2 Å². The first-order valence-electron chi connectivity index (χ1n) is 9.67. The van der Waals surface area contributed by atoms with Gasteiger partial charge in [0, 0.05) is 39.5 Å². The van der Waals surface area contributed by atoms with Crippen LogP contribution in [0.2, 0.25) is 0 Å². The number of nitrogens with zero attached hydrogens (tertiary/aromatic N) is 2. The first-order valence-corrected chi connectivity index (χ1v) is 11.5. The maximum Gasteiger partial charge on any atom is 0.341 e. The molecular weight excluding hydrogens is 416 g/mol. The van der Waals surface area contributed by atoms with Gasteiger partial charge in [0.25, 0.3) is 0 Å². The Morgan fingerprint density at radius 2 is 2.07 bits per heavy atom. The van der Waals surface area contributed by atoms with Crippen molar-refractivity contribution in [1.82, 2.24) is 9.55 Å². The van der Waals surface area contributed by atoms with E-state index in [4.69, 9.17) is 0 Å². The molecule has 7 heteroatoms. The summed E-state index contributed by atoms with van der Waals surface area (Å²) in [6.07, 6.45) is 2.30. The summed E-state index contributed by atoms with van der Waals surface area (Å²) >= 11 is 3.26. The number of benzene rings is 1. The van der Waals surface area contributed by atoms with E-state index in [9.17, 15) is 14.7 Å². The number of carboxylic acids is 1. The maximum atomic E-state index is 12.6. The number of fused-ring (bicyclic) bond motifs is 5. The third kappa shape index (κ3) is 2.84. The van der Waals surface area contributed by atoms with Crippen LogP contribution in [0.25, 0.3) is 32.6 Å². The lowest BCUT2D eigenvalue weighted by molar-refractivity contribution is 0.0693. The average Bonchev–Trinajstić information content (AvgIpc) is 3.37. The summed E-state index contributed by atoms with van der Waals surface area (Å²) in [6.45, 7) is 6.46. The molecule has 1 aromatic carbocycles. The molecule has 0 saturated heterocycles. The van der Waals surface area contributed by atoms with E-state index >= 15 is 0 Å². The van der Waals surface area contributed by atoms with Crippen LogP contribution in [0.5, 0.6) is 0 Å². The first kappa shape index (κ1) is 19.2. The molecule has 4 aromatic rings. The average molecular weight is 437 g/mol. The molecule has 0 saturated carbocycles.